The number of anilines is 2. The van der Waals surface area contributed by atoms with Crippen molar-refractivity contribution in [2.75, 3.05) is 24.3 Å². The quantitative estimate of drug-likeness (QED) is 0.897. The van der Waals surface area contributed by atoms with E-state index in [0.717, 1.165) is 17.1 Å². The highest BCUT2D eigenvalue weighted by Gasteiger charge is 2.03. The second-order valence-corrected chi connectivity index (χ2v) is 4.59. The smallest absolute Gasteiger partial charge is 0.319 e. The number of nitrogens with zero attached hydrogens (tertiary/aromatic N) is 2. The van der Waals surface area contributed by atoms with Gasteiger partial charge in [-0.15, -0.1) is 0 Å². The summed E-state index contributed by atoms with van der Waals surface area (Å²) in [6, 6.07) is 13.0. The van der Waals surface area contributed by atoms with E-state index in [9.17, 15) is 4.79 Å². The van der Waals surface area contributed by atoms with Crippen molar-refractivity contribution in [2.24, 2.45) is 0 Å². The van der Waals surface area contributed by atoms with E-state index in [-0.39, 0.29) is 6.03 Å². The highest BCUT2D eigenvalue weighted by molar-refractivity contribution is 5.89. The third-order valence-electron chi connectivity index (χ3n) is 2.75. The molecular formula is C15H18N4O. The van der Waals surface area contributed by atoms with Gasteiger partial charge in [0, 0.05) is 32.5 Å². The summed E-state index contributed by atoms with van der Waals surface area (Å²) in [7, 11) is 3.86. The number of urea groups is 1. The maximum atomic E-state index is 11.8. The summed E-state index contributed by atoms with van der Waals surface area (Å²) in [6.45, 7) is 0.460. The van der Waals surface area contributed by atoms with Crippen LogP contribution in [0.4, 0.5) is 16.3 Å². The summed E-state index contributed by atoms with van der Waals surface area (Å²) in [5.41, 5.74) is 1.78. The molecule has 0 radical (unpaired) electrons. The lowest BCUT2D eigenvalue weighted by atomic mass is 10.2. The molecule has 0 saturated carbocycles. The number of amides is 2. The minimum Gasteiger partial charge on any atom is -0.363 e. The molecule has 0 spiro atoms. The molecule has 5 heteroatoms. The lowest BCUT2D eigenvalue weighted by molar-refractivity contribution is 0.251. The number of pyridine rings is 1. The van der Waals surface area contributed by atoms with Crippen molar-refractivity contribution in [3.05, 3.63) is 54.2 Å². The van der Waals surface area contributed by atoms with Gasteiger partial charge in [0.05, 0.1) is 0 Å². The van der Waals surface area contributed by atoms with Gasteiger partial charge in [-0.2, -0.15) is 0 Å². The maximum Gasteiger partial charge on any atom is 0.319 e. The summed E-state index contributed by atoms with van der Waals surface area (Å²) >= 11 is 0. The van der Waals surface area contributed by atoms with E-state index in [2.05, 4.69) is 15.6 Å². The highest BCUT2D eigenvalue weighted by Crippen LogP contribution is 2.09. The molecule has 2 aromatic rings. The molecule has 1 aromatic carbocycles. The number of rotatable bonds is 4. The molecule has 0 bridgehead atoms. The summed E-state index contributed by atoms with van der Waals surface area (Å²) in [5.74, 6) is 0.868. The van der Waals surface area contributed by atoms with Crippen molar-refractivity contribution in [3.63, 3.8) is 0 Å². The Morgan fingerprint density at radius 3 is 2.65 bits per heavy atom. The van der Waals surface area contributed by atoms with Crippen LogP contribution in [-0.2, 0) is 6.54 Å². The molecule has 104 valence electrons. The van der Waals surface area contributed by atoms with Crippen LogP contribution in [0.15, 0.2) is 48.7 Å². The molecule has 0 unspecified atom stereocenters. The Bertz CT molecular complexity index is 569. The van der Waals surface area contributed by atoms with Crippen LogP contribution in [0.3, 0.4) is 0 Å². The van der Waals surface area contributed by atoms with E-state index >= 15 is 0 Å². The topological polar surface area (TPSA) is 57.3 Å². The Labute approximate surface area is 118 Å². The van der Waals surface area contributed by atoms with Gasteiger partial charge in [-0.25, -0.2) is 9.78 Å². The van der Waals surface area contributed by atoms with Crippen molar-refractivity contribution in [1.82, 2.24) is 10.3 Å². The maximum absolute atomic E-state index is 11.8. The van der Waals surface area contributed by atoms with E-state index in [1.54, 1.807) is 6.20 Å². The number of hydrogen-bond donors (Lipinski definition) is 2. The molecule has 20 heavy (non-hydrogen) atoms. The van der Waals surface area contributed by atoms with Gasteiger partial charge in [0.15, 0.2) is 0 Å². The zero-order chi connectivity index (χ0) is 14.4. The largest absolute Gasteiger partial charge is 0.363 e. The van der Waals surface area contributed by atoms with Crippen LogP contribution in [0.1, 0.15) is 5.56 Å². The van der Waals surface area contributed by atoms with Crippen LogP contribution in [0.2, 0.25) is 0 Å². The van der Waals surface area contributed by atoms with Crippen LogP contribution in [-0.4, -0.2) is 25.1 Å². The number of carbonyl (C=O) groups is 1. The summed E-state index contributed by atoms with van der Waals surface area (Å²) < 4.78 is 0. The normalized spacial score (nSPS) is 9.90. The van der Waals surface area contributed by atoms with E-state index in [1.165, 1.54) is 0 Å². The highest BCUT2D eigenvalue weighted by atomic mass is 16.2. The van der Waals surface area contributed by atoms with Gasteiger partial charge in [0.25, 0.3) is 0 Å². The standard InChI is InChI=1S/C15H18N4O/c1-19(2)14-10-12(8-9-16-14)11-17-15(20)18-13-6-4-3-5-7-13/h3-10H,11H2,1-2H3,(H2,17,18,20). The van der Waals surface area contributed by atoms with Gasteiger partial charge in [-0.1, -0.05) is 18.2 Å². The van der Waals surface area contributed by atoms with E-state index < -0.39 is 0 Å². The van der Waals surface area contributed by atoms with Crippen LogP contribution >= 0.6 is 0 Å². The van der Waals surface area contributed by atoms with Crippen LogP contribution in [0, 0.1) is 0 Å². The van der Waals surface area contributed by atoms with Crippen molar-refractivity contribution in [2.45, 2.75) is 6.54 Å². The van der Waals surface area contributed by atoms with E-state index in [4.69, 9.17) is 0 Å². The molecule has 2 N–H and O–H groups in total. The number of carbonyl (C=O) groups excluding carboxylic acids is 1. The predicted octanol–water partition coefficient (Wildman–Crippen LogP) is 2.47. The van der Waals surface area contributed by atoms with Crippen LogP contribution in [0.5, 0.6) is 0 Å². The van der Waals surface area contributed by atoms with Gasteiger partial charge in [-0.05, 0) is 29.8 Å². The van der Waals surface area contributed by atoms with Gasteiger partial charge in [0.2, 0.25) is 0 Å². The molecule has 0 aliphatic rings. The lowest BCUT2D eigenvalue weighted by Gasteiger charge is -2.12. The first-order valence-corrected chi connectivity index (χ1v) is 6.37. The van der Waals surface area contributed by atoms with Crippen molar-refractivity contribution >= 4 is 17.5 Å². The number of nitrogens with one attached hydrogen (secondary N) is 2. The SMILES string of the molecule is CN(C)c1cc(CNC(=O)Nc2ccccc2)ccn1. The van der Waals surface area contributed by atoms with Crippen molar-refractivity contribution in [1.29, 1.82) is 0 Å². The van der Waals surface area contributed by atoms with Crippen molar-refractivity contribution < 1.29 is 4.79 Å². The average molecular weight is 270 g/mol. The Morgan fingerprint density at radius 1 is 1.20 bits per heavy atom. The fraction of sp³-hybridized carbons (Fsp3) is 0.200. The van der Waals surface area contributed by atoms with Gasteiger partial charge in [0.1, 0.15) is 5.82 Å². The summed E-state index contributed by atoms with van der Waals surface area (Å²) in [6.07, 6.45) is 1.74. The molecule has 0 fully saturated rings. The fourth-order valence-electron chi connectivity index (χ4n) is 1.69. The molecule has 0 aliphatic heterocycles. The first-order valence-electron chi connectivity index (χ1n) is 6.37. The zero-order valence-corrected chi connectivity index (χ0v) is 11.6. The summed E-state index contributed by atoms with van der Waals surface area (Å²) in [4.78, 5) is 17.9. The predicted molar refractivity (Wildman–Crippen MR) is 80.9 cm³/mol. The number of aromatic nitrogens is 1. The van der Waals surface area contributed by atoms with Gasteiger partial charge >= 0.3 is 6.03 Å². The number of benzene rings is 1. The second kappa shape index (κ2) is 6.56. The molecule has 1 aromatic heterocycles. The monoisotopic (exact) mass is 270 g/mol. The van der Waals surface area contributed by atoms with Gasteiger partial charge in [-0.3, -0.25) is 0 Å². The average Bonchev–Trinajstić information content (AvgIpc) is 2.46. The first-order chi connectivity index (χ1) is 9.65. The zero-order valence-electron chi connectivity index (χ0n) is 11.6. The van der Waals surface area contributed by atoms with Gasteiger partial charge < -0.3 is 15.5 Å². The first kappa shape index (κ1) is 13.9. The Balaban J connectivity index is 1.89. The van der Waals surface area contributed by atoms with E-state index in [1.807, 2.05) is 61.5 Å². The minimum absolute atomic E-state index is 0.223. The lowest BCUT2D eigenvalue weighted by Crippen LogP contribution is -2.28. The fourth-order valence-corrected chi connectivity index (χ4v) is 1.69. The van der Waals surface area contributed by atoms with E-state index in [0.29, 0.717) is 6.54 Å². The number of para-hydroxylation sites is 1. The van der Waals surface area contributed by atoms with Crippen LogP contribution < -0.4 is 15.5 Å². The molecule has 0 atom stereocenters. The molecule has 5 nitrogen and oxygen atoms in total. The Hall–Kier alpha value is -2.56. The Morgan fingerprint density at radius 2 is 1.95 bits per heavy atom. The van der Waals surface area contributed by atoms with Crippen molar-refractivity contribution in [3.8, 4) is 0 Å². The molecule has 0 aliphatic carbocycles. The van der Waals surface area contributed by atoms with Crippen LogP contribution in [0.25, 0.3) is 0 Å². The molecule has 2 rings (SSSR count). The summed E-state index contributed by atoms with van der Waals surface area (Å²) in [5, 5.41) is 5.59. The molecule has 1 heterocycles. The number of hydrogen-bond acceptors (Lipinski definition) is 3. The molecule has 2 amide bonds. The Kier molecular flexibility index (Phi) is 4.55. The molecule has 0 saturated heterocycles. The second-order valence-electron chi connectivity index (χ2n) is 4.59. The molecular weight excluding hydrogens is 252 g/mol. The third-order valence-corrected chi connectivity index (χ3v) is 2.75. The minimum atomic E-state index is -0.223. The third kappa shape index (κ3) is 3.98.